The number of aliphatic carboxylic acids is 1. The van der Waals surface area contributed by atoms with Crippen LogP contribution in [-0.2, 0) is 9.53 Å². The second kappa shape index (κ2) is 5.44. The van der Waals surface area contributed by atoms with Crippen LogP contribution in [0.2, 0.25) is 0 Å². The highest BCUT2D eigenvalue weighted by Gasteiger charge is 2.30. The van der Waals surface area contributed by atoms with Crippen LogP contribution in [0.3, 0.4) is 0 Å². The molecule has 2 unspecified atom stereocenters. The first-order valence-corrected chi connectivity index (χ1v) is 5.29. The molecule has 0 aromatic rings. The zero-order valence-electron chi connectivity index (χ0n) is 9.03. The molecule has 0 bridgehead atoms. The SMILES string of the molecule is CC(O)(COCC1CCCCN1)C(=O)O. The molecule has 1 rings (SSSR count). The first-order valence-electron chi connectivity index (χ1n) is 5.29. The minimum Gasteiger partial charge on any atom is -0.479 e. The Morgan fingerprint density at radius 1 is 1.60 bits per heavy atom. The molecule has 15 heavy (non-hydrogen) atoms. The fourth-order valence-corrected chi connectivity index (χ4v) is 1.53. The molecule has 88 valence electrons. The highest BCUT2D eigenvalue weighted by atomic mass is 16.5. The van der Waals surface area contributed by atoms with Crippen LogP contribution in [0.1, 0.15) is 26.2 Å². The van der Waals surface area contributed by atoms with Gasteiger partial charge in [0.25, 0.3) is 0 Å². The molecule has 0 aromatic heterocycles. The van der Waals surface area contributed by atoms with Gasteiger partial charge in [-0.25, -0.2) is 4.79 Å². The molecule has 0 aromatic carbocycles. The van der Waals surface area contributed by atoms with Crippen molar-refractivity contribution in [1.82, 2.24) is 5.32 Å². The number of nitrogens with one attached hydrogen (secondary N) is 1. The largest absolute Gasteiger partial charge is 0.479 e. The molecule has 0 saturated carbocycles. The van der Waals surface area contributed by atoms with Crippen LogP contribution < -0.4 is 5.32 Å². The maximum Gasteiger partial charge on any atom is 0.337 e. The lowest BCUT2D eigenvalue weighted by Crippen LogP contribution is -2.43. The molecule has 2 atom stereocenters. The summed E-state index contributed by atoms with van der Waals surface area (Å²) in [5.41, 5.74) is -1.78. The summed E-state index contributed by atoms with van der Waals surface area (Å²) in [7, 11) is 0. The van der Waals surface area contributed by atoms with E-state index in [4.69, 9.17) is 9.84 Å². The predicted molar refractivity (Wildman–Crippen MR) is 54.7 cm³/mol. The number of carboxylic acids is 1. The van der Waals surface area contributed by atoms with Crippen LogP contribution in [-0.4, -0.2) is 47.6 Å². The van der Waals surface area contributed by atoms with Crippen molar-refractivity contribution in [2.24, 2.45) is 0 Å². The average molecular weight is 217 g/mol. The molecule has 5 nitrogen and oxygen atoms in total. The fourth-order valence-electron chi connectivity index (χ4n) is 1.53. The Balaban J connectivity index is 2.17. The molecular formula is C10H19NO4. The Morgan fingerprint density at radius 2 is 2.33 bits per heavy atom. The zero-order chi connectivity index (χ0) is 11.3. The van der Waals surface area contributed by atoms with Crippen molar-refractivity contribution in [2.45, 2.75) is 37.8 Å². The van der Waals surface area contributed by atoms with Crippen LogP contribution in [0.5, 0.6) is 0 Å². The molecular weight excluding hydrogens is 198 g/mol. The molecule has 1 aliphatic rings. The van der Waals surface area contributed by atoms with Crippen molar-refractivity contribution in [2.75, 3.05) is 19.8 Å². The Bertz CT molecular complexity index is 211. The number of carbonyl (C=O) groups is 1. The molecule has 1 aliphatic heterocycles. The van der Waals surface area contributed by atoms with E-state index in [1.807, 2.05) is 0 Å². The van der Waals surface area contributed by atoms with Gasteiger partial charge in [-0.15, -0.1) is 0 Å². The lowest BCUT2D eigenvalue weighted by Gasteiger charge is -2.25. The topological polar surface area (TPSA) is 78.8 Å². The van der Waals surface area contributed by atoms with E-state index in [9.17, 15) is 9.90 Å². The molecule has 3 N–H and O–H groups in total. The van der Waals surface area contributed by atoms with Gasteiger partial charge < -0.3 is 20.3 Å². The van der Waals surface area contributed by atoms with E-state index in [1.165, 1.54) is 19.8 Å². The minimum absolute atomic E-state index is 0.166. The second-order valence-corrected chi connectivity index (χ2v) is 4.24. The van der Waals surface area contributed by atoms with E-state index >= 15 is 0 Å². The van der Waals surface area contributed by atoms with Gasteiger partial charge in [-0.3, -0.25) is 0 Å². The molecule has 0 aliphatic carbocycles. The Labute approximate surface area is 89.4 Å². The third kappa shape index (κ3) is 4.15. The van der Waals surface area contributed by atoms with E-state index < -0.39 is 11.6 Å². The molecule has 0 amide bonds. The summed E-state index contributed by atoms with van der Waals surface area (Å²) >= 11 is 0. The monoisotopic (exact) mass is 217 g/mol. The first-order chi connectivity index (χ1) is 7.02. The van der Waals surface area contributed by atoms with Gasteiger partial charge >= 0.3 is 5.97 Å². The summed E-state index contributed by atoms with van der Waals surface area (Å²) in [5, 5.41) is 21.3. The zero-order valence-corrected chi connectivity index (χ0v) is 9.03. The number of rotatable bonds is 5. The van der Waals surface area contributed by atoms with Crippen LogP contribution in [0.25, 0.3) is 0 Å². The molecule has 1 heterocycles. The van der Waals surface area contributed by atoms with Crippen LogP contribution in [0.4, 0.5) is 0 Å². The summed E-state index contributed by atoms with van der Waals surface area (Å²) < 4.78 is 5.21. The van der Waals surface area contributed by atoms with E-state index in [1.54, 1.807) is 0 Å². The van der Waals surface area contributed by atoms with Gasteiger partial charge in [0.05, 0.1) is 13.2 Å². The van der Waals surface area contributed by atoms with Gasteiger partial charge in [0.1, 0.15) is 0 Å². The maximum absolute atomic E-state index is 10.6. The van der Waals surface area contributed by atoms with Gasteiger partial charge in [-0.2, -0.15) is 0 Å². The highest BCUT2D eigenvalue weighted by molar-refractivity contribution is 5.76. The van der Waals surface area contributed by atoms with E-state index in [0.29, 0.717) is 12.6 Å². The van der Waals surface area contributed by atoms with Crippen molar-refractivity contribution in [3.05, 3.63) is 0 Å². The van der Waals surface area contributed by atoms with E-state index in [2.05, 4.69) is 5.32 Å². The number of ether oxygens (including phenoxy) is 1. The number of piperidine rings is 1. The molecule has 5 heteroatoms. The Hall–Kier alpha value is -0.650. The fraction of sp³-hybridized carbons (Fsp3) is 0.900. The number of hydrogen-bond acceptors (Lipinski definition) is 4. The van der Waals surface area contributed by atoms with E-state index in [0.717, 1.165) is 13.0 Å². The summed E-state index contributed by atoms with van der Waals surface area (Å²) in [5.74, 6) is -1.25. The van der Waals surface area contributed by atoms with Crippen LogP contribution in [0.15, 0.2) is 0 Å². The predicted octanol–water partition coefficient (Wildman–Crippen LogP) is -0.0193. The van der Waals surface area contributed by atoms with Gasteiger partial charge in [0.2, 0.25) is 0 Å². The van der Waals surface area contributed by atoms with Crippen LogP contribution >= 0.6 is 0 Å². The standard InChI is InChI=1S/C10H19NO4/c1-10(14,9(12)13)7-15-6-8-4-2-3-5-11-8/h8,11,14H,2-7H2,1H3,(H,12,13). The maximum atomic E-state index is 10.6. The molecule has 0 spiro atoms. The lowest BCUT2D eigenvalue weighted by molar-refractivity contribution is -0.163. The van der Waals surface area contributed by atoms with Gasteiger partial charge in [-0.05, 0) is 26.3 Å². The van der Waals surface area contributed by atoms with Crippen LogP contribution in [0, 0.1) is 0 Å². The van der Waals surface area contributed by atoms with E-state index in [-0.39, 0.29) is 6.61 Å². The summed E-state index contributed by atoms with van der Waals surface area (Å²) in [4.78, 5) is 10.6. The van der Waals surface area contributed by atoms with Crippen molar-refractivity contribution >= 4 is 5.97 Å². The average Bonchev–Trinajstić information content (AvgIpc) is 2.19. The van der Waals surface area contributed by atoms with Gasteiger partial charge in [-0.1, -0.05) is 6.42 Å². The van der Waals surface area contributed by atoms with Crippen molar-refractivity contribution in [3.8, 4) is 0 Å². The normalized spacial score (nSPS) is 25.9. The van der Waals surface area contributed by atoms with Gasteiger partial charge in [0.15, 0.2) is 5.60 Å². The summed E-state index contributed by atoms with van der Waals surface area (Å²) in [6, 6.07) is 0.295. The molecule has 1 fully saturated rings. The van der Waals surface area contributed by atoms with Crippen molar-refractivity contribution in [3.63, 3.8) is 0 Å². The van der Waals surface area contributed by atoms with Crippen molar-refractivity contribution < 1.29 is 19.7 Å². The minimum atomic E-state index is -1.78. The Morgan fingerprint density at radius 3 is 2.87 bits per heavy atom. The highest BCUT2D eigenvalue weighted by Crippen LogP contribution is 2.09. The Kier molecular flexibility index (Phi) is 4.50. The van der Waals surface area contributed by atoms with Crippen molar-refractivity contribution in [1.29, 1.82) is 0 Å². The molecule has 0 radical (unpaired) electrons. The summed E-state index contributed by atoms with van der Waals surface area (Å²) in [6.07, 6.45) is 3.41. The lowest BCUT2D eigenvalue weighted by atomic mass is 10.1. The third-order valence-electron chi connectivity index (χ3n) is 2.58. The smallest absolute Gasteiger partial charge is 0.337 e. The quantitative estimate of drug-likeness (QED) is 0.603. The second-order valence-electron chi connectivity index (χ2n) is 4.24. The third-order valence-corrected chi connectivity index (χ3v) is 2.58. The number of carboxylic acid groups (broad SMARTS) is 1. The molecule has 1 saturated heterocycles. The van der Waals surface area contributed by atoms with Gasteiger partial charge in [0, 0.05) is 6.04 Å². The number of hydrogen-bond donors (Lipinski definition) is 3. The number of aliphatic hydroxyl groups is 1. The first kappa shape index (κ1) is 12.4. The summed E-state index contributed by atoms with van der Waals surface area (Å²) in [6.45, 7) is 2.52.